The first-order valence-electron chi connectivity index (χ1n) is 7.71. The van der Waals surface area contributed by atoms with E-state index in [2.05, 4.69) is 0 Å². The summed E-state index contributed by atoms with van der Waals surface area (Å²) in [6, 6.07) is 0. The van der Waals surface area contributed by atoms with Gasteiger partial charge in [-0.15, -0.1) is 0 Å². The summed E-state index contributed by atoms with van der Waals surface area (Å²) in [5.74, 6) is 0.259. The highest BCUT2D eigenvalue weighted by molar-refractivity contribution is 5.21. The van der Waals surface area contributed by atoms with Gasteiger partial charge in [0.2, 0.25) is 0 Å². The second kappa shape index (κ2) is 7.83. The van der Waals surface area contributed by atoms with E-state index in [4.69, 9.17) is 14.6 Å². The molecule has 6 atom stereocenters. The van der Waals surface area contributed by atoms with Crippen molar-refractivity contribution in [3.05, 3.63) is 11.1 Å². The van der Waals surface area contributed by atoms with E-state index >= 15 is 0 Å². The van der Waals surface area contributed by atoms with Crippen molar-refractivity contribution < 1.29 is 35.0 Å². The van der Waals surface area contributed by atoms with Gasteiger partial charge in [0.05, 0.1) is 19.8 Å². The molecule has 6 unspecified atom stereocenters. The third-order valence-electron chi connectivity index (χ3n) is 4.68. The Kier molecular flexibility index (Phi) is 6.34. The molecular formula is C15H26O7. The van der Waals surface area contributed by atoms with Crippen molar-refractivity contribution >= 4 is 0 Å². The van der Waals surface area contributed by atoms with Crippen molar-refractivity contribution in [2.45, 2.75) is 56.9 Å². The first-order valence-corrected chi connectivity index (χ1v) is 7.71. The van der Waals surface area contributed by atoms with Gasteiger partial charge in [0.15, 0.2) is 6.29 Å². The Hall–Kier alpha value is -0.540. The fourth-order valence-electron chi connectivity index (χ4n) is 3.19. The van der Waals surface area contributed by atoms with Crippen LogP contribution in [-0.4, -0.2) is 76.1 Å². The number of aliphatic hydroxyl groups excluding tert-OH is 5. The van der Waals surface area contributed by atoms with Gasteiger partial charge in [0, 0.05) is 0 Å². The molecule has 0 radical (unpaired) electrons. The molecule has 2 aliphatic rings. The topological polar surface area (TPSA) is 120 Å². The summed E-state index contributed by atoms with van der Waals surface area (Å²) in [5.41, 5.74) is 2.28. The van der Waals surface area contributed by atoms with Crippen LogP contribution in [0.25, 0.3) is 0 Å². The standard InChI is InChI=1S/C15H26O7/c1-8-2-3-9(10(8)6-16)4-5-21-15-14(20)13(19)12(18)11(7-17)22-15/h9,11-20H,2-7H2,1H3. The van der Waals surface area contributed by atoms with E-state index in [-0.39, 0.29) is 12.5 Å². The number of hydrogen-bond donors (Lipinski definition) is 5. The Labute approximate surface area is 129 Å². The third kappa shape index (κ3) is 3.68. The number of allylic oxidation sites excluding steroid dienone is 1. The molecular weight excluding hydrogens is 292 g/mol. The zero-order chi connectivity index (χ0) is 16.3. The lowest BCUT2D eigenvalue weighted by atomic mass is 9.97. The maximum Gasteiger partial charge on any atom is 0.186 e. The lowest BCUT2D eigenvalue weighted by molar-refractivity contribution is -0.301. The third-order valence-corrected chi connectivity index (χ3v) is 4.68. The fourth-order valence-corrected chi connectivity index (χ4v) is 3.19. The number of ether oxygens (including phenoxy) is 2. The normalized spacial score (nSPS) is 39.5. The molecule has 5 N–H and O–H groups in total. The number of rotatable bonds is 6. The van der Waals surface area contributed by atoms with Gasteiger partial charge in [-0.05, 0) is 37.7 Å². The van der Waals surface area contributed by atoms with Gasteiger partial charge in [-0.2, -0.15) is 0 Å². The molecule has 0 aromatic rings. The zero-order valence-corrected chi connectivity index (χ0v) is 12.8. The predicted molar refractivity (Wildman–Crippen MR) is 76.8 cm³/mol. The molecule has 1 saturated heterocycles. The maximum atomic E-state index is 9.86. The largest absolute Gasteiger partial charge is 0.394 e. The minimum atomic E-state index is -1.42. The lowest BCUT2D eigenvalue weighted by Crippen LogP contribution is -2.59. The van der Waals surface area contributed by atoms with Crippen LogP contribution >= 0.6 is 0 Å². The molecule has 2 rings (SSSR count). The SMILES string of the molecule is CC1=C(CO)C(CCOC2OC(CO)C(O)C(O)C2O)CC1. The Morgan fingerprint density at radius 3 is 2.50 bits per heavy atom. The summed E-state index contributed by atoms with van der Waals surface area (Å²) in [6.45, 7) is 1.90. The van der Waals surface area contributed by atoms with Gasteiger partial charge in [-0.3, -0.25) is 0 Å². The summed E-state index contributed by atoms with van der Waals surface area (Å²) in [6.07, 6.45) is -3.57. The Morgan fingerprint density at radius 1 is 1.14 bits per heavy atom. The molecule has 7 nitrogen and oxygen atoms in total. The highest BCUT2D eigenvalue weighted by Gasteiger charge is 2.44. The lowest BCUT2D eigenvalue weighted by Gasteiger charge is -2.39. The number of aliphatic hydroxyl groups is 5. The summed E-state index contributed by atoms with van der Waals surface area (Å²) in [7, 11) is 0. The van der Waals surface area contributed by atoms with Crippen molar-refractivity contribution in [3.8, 4) is 0 Å². The first kappa shape index (κ1) is 17.8. The molecule has 128 valence electrons. The zero-order valence-electron chi connectivity index (χ0n) is 12.8. The van der Waals surface area contributed by atoms with Crippen LogP contribution in [0.2, 0.25) is 0 Å². The van der Waals surface area contributed by atoms with Crippen LogP contribution in [-0.2, 0) is 9.47 Å². The van der Waals surface area contributed by atoms with E-state index in [1.807, 2.05) is 6.92 Å². The average Bonchev–Trinajstić information content (AvgIpc) is 2.87. The van der Waals surface area contributed by atoms with Gasteiger partial charge in [0.1, 0.15) is 24.4 Å². The summed E-state index contributed by atoms with van der Waals surface area (Å²) >= 11 is 0. The minimum absolute atomic E-state index is 0.0521. The Balaban J connectivity index is 1.84. The van der Waals surface area contributed by atoms with Crippen molar-refractivity contribution in [2.24, 2.45) is 5.92 Å². The molecule has 0 saturated carbocycles. The van der Waals surface area contributed by atoms with Crippen LogP contribution in [0.15, 0.2) is 11.1 Å². The molecule has 1 heterocycles. The molecule has 7 heteroatoms. The van der Waals surface area contributed by atoms with Crippen molar-refractivity contribution in [2.75, 3.05) is 19.8 Å². The molecule has 0 spiro atoms. The molecule has 0 bridgehead atoms. The maximum absolute atomic E-state index is 9.86. The summed E-state index contributed by atoms with van der Waals surface area (Å²) in [4.78, 5) is 0. The van der Waals surface area contributed by atoms with E-state index in [1.165, 1.54) is 5.57 Å². The van der Waals surface area contributed by atoms with Crippen LogP contribution < -0.4 is 0 Å². The van der Waals surface area contributed by atoms with Crippen LogP contribution in [0.5, 0.6) is 0 Å². The second-order valence-corrected chi connectivity index (χ2v) is 6.06. The van der Waals surface area contributed by atoms with Crippen LogP contribution in [0.4, 0.5) is 0 Å². The minimum Gasteiger partial charge on any atom is -0.394 e. The molecule has 0 amide bonds. The van der Waals surface area contributed by atoms with Gasteiger partial charge in [0.25, 0.3) is 0 Å². The summed E-state index contributed by atoms with van der Waals surface area (Å²) < 4.78 is 10.8. The smallest absolute Gasteiger partial charge is 0.186 e. The van der Waals surface area contributed by atoms with Gasteiger partial charge < -0.3 is 35.0 Å². The Morgan fingerprint density at radius 2 is 1.86 bits per heavy atom. The average molecular weight is 318 g/mol. The molecule has 1 fully saturated rings. The van der Waals surface area contributed by atoms with E-state index in [1.54, 1.807) is 0 Å². The first-order chi connectivity index (χ1) is 10.5. The predicted octanol–water partition coefficient (Wildman–Crippen LogP) is -1.09. The summed E-state index contributed by atoms with van der Waals surface area (Å²) in [5, 5.41) is 47.7. The molecule has 0 aromatic carbocycles. The van der Waals surface area contributed by atoms with E-state index in [9.17, 15) is 20.4 Å². The molecule has 1 aliphatic carbocycles. The van der Waals surface area contributed by atoms with Crippen LogP contribution in [0.3, 0.4) is 0 Å². The van der Waals surface area contributed by atoms with Crippen molar-refractivity contribution in [1.29, 1.82) is 0 Å². The molecule has 22 heavy (non-hydrogen) atoms. The Bertz CT molecular complexity index is 395. The molecule has 0 aromatic heterocycles. The van der Waals surface area contributed by atoms with Crippen molar-refractivity contribution in [3.63, 3.8) is 0 Å². The van der Waals surface area contributed by atoms with Crippen LogP contribution in [0, 0.1) is 5.92 Å². The van der Waals surface area contributed by atoms with Crippen molar-refractivity contribution in [1.82, 2.24) is 0 Å². The quantitative estimate of drug-likeness (QED) is 0.395. The molecule has 1 aliphatic heterocycles. The second-order valence-electron chi connectivity index (χ2n) is 6.06. The van der Waals surface area contributed by atoms with Crippen LogP contribution in [0.1, 0.15) is 26.2 Å². The van der Waals surface area contributed by atoms with Gasteiger partial charge in [-0.1, -0.05) is 5.57 Å². The van der Waals surface area contributed by atoms with E-state index in [0.717, 1.165) is 18.4 Å². The van der Waals surface area contributed by atoms with Gasteiger partial charge >= 0.3 is 0 Å². The monoisotopic (exact) mass is 318 g/mol. The number of hydrogen-bond acceptors (Lipinski definition) is 7. The van der Waals surface area contributed by atoms with E-state index < -0.39 is 37.3 Å². The fraction of sp³-hybridized carbons (Fsp3) is 0.867. The van der Waals surface area contributed by atoms with Gasteiger partial charge in [-0.25, -0.2) is 0 Å². The highest BCUT2D eigenvalue weighted by atomic mass is 16.7. The van der Waals surface area contributed by atoms with E-state index in [0.29, 0.717) is 13.0 Å². The highest BCUT2D eigenvalue weighted by Crippen LogP contribution is 2.34.